The maximum Gasteiger partial charge on any atom is 0.243 e. The summed E-state index contributed by atoms with van der Waals surface area (Å²) >= 11 is 0. The van der Waals surface area contributed by atoms with E-state index in [-0.39, 0.29) is 29.9 Å². The summed E-state index contributed by atoms with van der Waals surface area (Å²) in [4.78, 5) is 12.6. The van der Waals surface area contributed by atoms with Crippen LogP contribution in [0.2, 0.25) is 0 Å². The number of benzene rings is 1. The van der Waals surface area contributed by atoms with Crippen LogP contribution in [0.3, 0.4) is 0 Å². The molecule has 152 valence electrons. The van der Waals surface area contributed by atoms with Crippen molar-refractivity contribution in [1.82, 2.24) is 9.62 Å². The van der Waals surface area contributed by atoms with Crippen molar-refractivity contribution >= 4 is 15.9 Å². The minimum Gasteiger partial charge on any atom is -0.494 e. The number of hydrogen-bond acceptors (Lipinski definition) is 4. The molecule has 0 unspecified atom stereocenters. The van der Waals surface area contributed by atoms with Gasteiger partial charge in [0.2, 0.25) is 15.9 Å². The second-order valence-electron chi connectivity index (χ2n) is 7.05. The molecule has 1 amide bonds. The average molecular weight is 397 g/mol. The monoisotopic (exact) mass is 396 g/mol. The molecule has 7 heteroatoms. The molecule has 1 aromatic carbocycles. The van der Waals surface area contributed by atoms with Crippen molar-refractivity contribution in [2.75, 3.05) is 19.7 Å². The molecule has 1 aliphatic rings. The molecule has 1 aromatic rings. The zero-order valence-electron chi connectivity index (χ0n) is 16.7. The van der Waals surface area contributed by atoms with E-state index < -0.39 is 10.0 Å². The lowest BCUT2D eigenvalue weighted by Gasteiger charge is -2.23. The number of hydrogen-bond donors (Lipinski definition) is 1. The van der Waals surface area contributed by atoms with E-state index in [1.165, 1.54) is 17.1 Å². The van der Waals surface area contributed by atoms with Gasteiger partial charge in [0.15, 0.2) is 0 Å². The van der Waals surface area contributed by atoms with Crippen molar-refractivity contribution in [3.05, 3.63) is 23.8 Å². The van der Waals surface area contributed by atoms with E-state index in [0.29, 0.717) is 12.4 Å². The summed E-state index contributed by atoms with van der Waals surface area (Å²) in [6, 6.07) is 4.98. The van der Waals surface area contributed by atoms with Crippen molar-refractivity contribution in [1.29, 1.82) is 0 Å². The van der Waals surface area contributed by atoms with E-state index in [0.717, 1.165) is 31.2 Å². The fourth-order valence-corrected chi connectivity index (χ4v) is 4.96. The van der Waals surface area contributed by atoms with Crippen LogP contribution in [0.1, 0.15) is 57.9 Å². The molecule has 0 spiro atoms. The van der Waals surface area contributed by atoms with Gasteiger partial charge in [-0.1, -0.05) is 32.6 Å². The SMILES string of the molecule is CCOc1ccc(S(=O)(=O)N(CC)CC(=O)NC2CCCCCC2)cc1C. The number of ether oxygens (including phenoxy) is 1. The lowest BCUT2D eigenvalue weighted by Crippen LogP contribution is -2.44. The highest BCUT2D eigenvalue weighted by molar-refractivity contribution is 7.89. The first-order chi connectivity index (χ1) is 12.9. The summed E-state index contributed by atoms with van der Waals surface area (Å²) in [5.74, 6) is 0.445. The summed E-state index contributed by atoms with van der Waals surface area (Å²) in [5, 5.41) is 3.02. The Morgan fingerprint density at radius 1 is 1.19 bits per heavy atom. The van der Waals surface area contributed by atoms with Gasteiger partial charge >= 0.3 is 0 Å². The molecule has 0 saturated heterocycles. The maximum atomic E-state index is 13.0. The summed E-state index contributed by atoms with van der Waals surface area (Å²) in [6.07, 6.45) is 6.60. The van der Waals surface area contributed by atoms with E-state index in [1.54, 1.807) is 25.1 Å². The van der Waals surface area contributed by atoms with Crippen LogP contribution in [0.25, 0.3) is 0 Å². The number of aryl methyl sites for hydroxylation is 1. The van der Waals surface area contributed by atoms with Crippen molar-refractivity contribution in [3.63, 3.8) is 0 Å². The lowest BCUT2D eigenvalue weighted by molar-refractivity contribution is -0.122. The quantitative estimate of drug-likeness (QED) is 0.685. The van der Waals surface area contributed by atoms with E-state index in [9.17, 15) is 13.2 Å². The Balaban J connectivity index is 2.07. The highest BCUT2D eigenvalue weighted by Crippen LogP contribution is 2.24. The smallest absolute Gasteiger partial charge is 0.243 e. The third-order valence-corrected chi connectivity index (χ3v) is 6.89. The number of nitrogens with zero attached hydrogens (tertiary/aromatic N) is 1. The Hall–Kier alpha value is -1.60. The van der Waals surface area contributed by atoms with Gasteiger partial charge in [0.05, 0.1) is 18.0 Å². The number of likely N-dealkylation sites (N-methyl/N-ethyl adjacent to an activating group) is 1. The summed E-state index contributed by atoms with van der Waals surface area (Å²) < 4.78 is 32.7. The highest BCUT2D eigenvalue weighted by Gasteiger charge is 2.26. The van der Waals surface area contributed by atoms with Gasteiger partial charge in [-0.2, -0.15) is 4.31 Å². The average Bonchev–Trinajstić information content (AvgIpc) is 2.90. The standard InChI is InChI=1S/C20H32N2O4S/c1-4-22(15-20(23)21-17-10-8-6-7-9-11-17)27(24,25)18-12-13-19(26-5-2)16(3)14-18/h12-14,17H,4-11,15H2,1-3H3,(H,21,23). The Kier molecular flexibility index (Phi) is 8.10. The predicted octanol–water partition coefficient (Wildman–Crippen LogP) is 3.24. The molecular formula is C20H32N2O4S. The number of carbonyl (C=O) groups is 1. The summed E-state index contributed by atoms with van der Waals surface area (Å²) in [7, 11) is -3.73. The molecule has 0 atom stereocenters. The maximum absolute atomic E-state index is 13.0. The fraction of sp³-hybridized carbons (Fsp3) is 0.650. The Morgan fingerprint density at radius 3 is 2.41 bits per heavy atom. The van der Waals surface area contributed by atoms with Crippen LogP contribution in [0.15, 0.2) is 23.1 Å². The minimum atomic E-state index is -3.73. The number of amides is 1. The Bertz CT molecular complexity index is 725. The van der Waals surface area contributed by atoms with Gasteiger partial charge in [0.25, 0.3) is 0 Å². The molecule has 1 fully saturated rings. The first kappa shape index (κ1) is 21.7. The van der Waals surface area contributed by atoms with Gasteiger partial charge in [-0.3, -0.25) is 4.79 Å². The van der Waals surface area contributed by atoms with Crippen LogP contribution in [0.5, 0.6) is 5.75 Å². The van der Waals surface area contributed by atoms with Crippen LogP contribution < -0.4 is 10.1 Å². The van der Waals surface area contributed by atoms with Gasteiger partial charge in [-0.25, -0.2) is 8.42 Å². The van der Waals surface area contributed by atoms with Gasteiger partial charge < -0.3 is 10.1 Å². The molecule has 6 nitrogen and oxygen atoms in total. The van der Waals surface area contributed by atoms with E-state index in [1.807, 2.05) is 13.8 Å². The topological polar surface area (TPSA) is 75.7 Å². The first-order valence-electron chi connectivity index (χ1n) is 9.91. The molecule has 1 N–H and O–H groups in total. The minimum absolute atomic E-state index is 0.151. The summed E-state index contributed by atoms with van der Waals surface area (Å²) in [6.45, 7) is 6.07. The van der Waals surface area contributed by atoms with Crippen molar-refractivity contribution in [2.24, 2.45) is 0 Å². The zero-order chi connectivity index (χ0) is 19.9. The molecule has 0 bridgehead atoms. The number of sulfonamides is 1. The second-order valence-corrected chi connectivity index (χ2v) is 8.99. The first-order valence-corrected chi connectivity index (χ1v) is 11.4. The second kappa shape index (κ2) is 10.1. The van der Waals surface area contributed by atoms with Gasteiger partial charge in [0, 0.05) is 12.6 Å². The number of rotatable bonds is 8. The van der Waals surface area contributed by atoms with E-state index in [4.69, 9.17) is 4.74 Å². The molecule has 2 rings (SSSR count). The summed E-state index contributed by atoms with van der Waals surface area (Å²) in [5.41, 5.74) is 0.761. The molecule has 1 aliphatic carbocycles. The fourth-order valence-electron chi connectivity index (χ4n) is 3.47. The molecular weight excluding hydrogens is 364 g/mol. The third kappa shape index (κ3) is 5.94. The predicted molar refractivity (Wildman–Crippen MR) is 106 cm³/mol. The Labute approximate surface area is 163 Å². The highest BCUT2D eigenvalue weighted by atomic mass is 32.2. The molecule has 0 radical (unpaired) electrons. The van der Waals surface area contributed by atoms with Crippen LogP contribution in [0.4, 0.5) is 0 Å². The lowest BCUT2D eigenvalue weighted by atomic mass is 10.1. The molecule has 0 heterocycles. The van der Waals surface area contributed by atoms with Crippen LogP contribution >= 0.6 is 0 Å². The molecule has 0 aromatic heterocycles. The van der Waals surface area contributed by atoms with E-state index >= 15 is 0 Å². The third-order valence-electron chi connectivity index (χ3n) is 4.98. The van der Waals surface area contributed by atoms with Crippen molar-refractivity contribution < 1.29 is 17.9 Å². The van der Waals surface area contributed by atoms with Gasteiger partial charge in [-0.05, 0) is 50.5 Å². The van der Waals surface area contributed by atoms with Crippen molar-refractivity contribution in [3.8, 4) is 5.75 Å². The number of nitrogens with one attached hydrogen (secondary N) is 1. The molecule has 0 aliphatic heterocycles. The number of carbonyl (C=O) groups excluding carboxylic acids is 1. The van der Waals surface area contributed by atoms with Crippen LogP contribution in [0, 0.1) is 6.92 Å². The van der Waals surface area contributed by atoms with E-state index in [2.05, 4.69) is 5.32 Å². The van der Waals surface area contributed by atoms with Gasteiger partial charge in [-0.15, -0.1) is 0 Å². The van der Waals surface area contributed by atoms with Gasteiger partial charge in [0.1, 0.15) is 5.75 Å². The van der Waals surface area contributed by atoms with Crippen molar-refractivity contribution in [2.45, 2.75) is 70.2 Å². The van der Waals surface area contributed by atoms with Crippen LogP contribution in [-0.4, -0.2) is 44.4 Å². The molecule has 27 heavy (non-hydrogen) atoms. The zero-order valence-corrected chi connectivity index (χ0v) is 17.5. The Morgan fingerprint density at radius 2 is 1.85 bits per heavy atom. The molecule has 1 saturated carbocycles. The normalized spacial score (nSPS) is 16.1. The van der Waals surface area contributed by atoms with Crippen LogP contribution in [-0.2, 0) is 14.8 Å². The largest absolute Gasteiger partial charge is 0.494 e.